The maximum absolute atomic E-state index is 5.24. The van der Waals surface area contributed by atoms with Crippen molar-refractivity contribution < 1.29 is 9.47 Å². The van der Waals surface area contributed by atoms with Gasteiger partial charge in [-0.3, -0.25) is 0 Å². The largest absolute Gasteiger partial charge is 0.497 e. The summed E-state index contributed by atoms with van der Waals surface area (Å²) in [4.78, 5) is 12.8. The van der Waals surface area contributed by atoms with E-state index in [4.69, 9.17) is 9.47 Å². The number of aromatic nitrogens is 3. The number of hydrogen-bond donors (Lipinski definition) is 3. The third-order valence-corrected chi connectivity index (χ3v) is 3.06. The maximum atomic E-state index is 5.24. The van der Waals surface area contributed by atoms with Crippen LogP contribution in [-0.2, 0) is 0 Å². The van der Waals surface area contributed by atoms with Crippen LogP contribution in [0.15, 0.2) is 23.3 Å². The highest BCUT2D eigenvalue weighted by atomic mass is 16.5. The standard InChI is InChI=1S/C16H23N7O2/c1-5-17-14-20-15(18-6-2)22-16(21-14)23-19-10-11-7-12(24-3)9-13(8-11)25-4/h7-10H,5-6H2,1-4H3,(H3,17,18,20,21,22,23)/b19-10+. The van der Waals surface area contributed by atoms with E-state index in [0.717, 1.165) is 5.56 Å². The Morgan fingerprint density at radius 3 is 1.88 bits per heavy atom. The van der Waals surface area contributed by atoms with Crippen molar-refractivity contribution in [3.63, 3.8) is 0 Å². The minimum atomic E-state index is 0.341. The molecule has 0 saturated carbocycles. The smallest absolute Gasteiger partial charge is 0.250 e. The summed E-state index contributed by atoms with van der Waals surface area (Å²) in [6.07, 6.45) is 1.63. The number of benzene rings is 1. The molecule has 0 fully saturated rings. The molecule has 0 aliphatic heterocycles. The van der Waals surface area contributed by atoms with E-state index in [1.165, 1.54) is 0 Å². The van der Waals surface area contributed by atoms with Crippen molar-refractivity contribution in [1.82, 2.24) is 15.0 Å². The number of hydrazone groups is 1. The minimum absolute atomic E-state index is 0.341. The zero-order valence-electron chi connectivity index (χ0n) is 14.8. The summed E-state index contributed by atoms with van der Waals surface area (Å²) in [5.41, 5.74) is 3.63. The van der Waals surface area contributed by atoms with Crippen molar-refractivity contribution in [1.29, 1.82) is 0 Å². The van der Waals surface area contributed by atoms with Crippen LogP contribution in [0, 0.1) is 0 Å². The average Bonchev–Trinajstić information content (AvgIpc) is 2.62. The molecular weight excluding hydrogens is 322 g/mol. The third-order valence-electron chi connectivity index (χ3n) is 3.06. The van der Waals surface area contributed by atoms with Crippen LogP contribution >= 0.6 is 0 Å². The van der Waals surface area contributed by atoms with Gasteiger partial charge in [0.1, 0.15) is 11.5 Å². The molecule has 0 radical (unpaired) electrons. The van der Waals surface area contributed by atoms with E-state index in [9.17, 15) is 0 Å². The van der Waals surface area contributed by atoms with Gasteiger partial charge in [0.15, 0.2) is 0 Å². The number of methoxy groups -OCH3 is 2. The van der Waals surface area contributed by atoms with E-state index in [1.54, 1.807) is 26.5 Å². The first-order chi connectivity index (χ1) is 12.2. The Morgan fingerprint density at radius 1 is 0.880 bits per heavy atom. The van der Waals surface area contributed by atoms with Gasteiger partial charge in [0.05, 0.1) is 20.4 Å². The average molecular weight is 345 g/mol. The normalized spacial score (nSPS) is 10.6. The quantitative estimate of drug-likeness (QED) is 0.469. The molecule has 0 aliphatic rings. The highest BCUT2D eigenvalue weighted by Crippen LogP contribution is 2.21. The zero-order chi connectivity index (χ0) is 18.1. The SMILES string of the molecule is CCNc1nc(NCC)nc(N/N=C/c2cc(OC)cc(OC)c2)n1. The van der Waals surface area contributed by atoms with Gasteiger partial charge in [-0.15, -0.1) is 0 Å². The van der Waals surface area contributed by atoms with Crippen LogP contribution in [0.3, 0.4) is 0 Å². The molecular formula is C16H23N7O2. The van der Waals surface area contributed by atoms with E-state index >= 15 is 0 Å². The molecule has 0 saturated heterocycles. The van der Waals surface area contributed by atoms with Crippen molar-refractivity contribution in [2.24, 2.45) is 5.10 Å². The van der Waals surface area contributed by atoms with Crippen LogP contribution in [-0.4, -0.2) is 48.5 Å². The van der Waals surface area contributed by atoms with Crippen molar-refractivity contribution in [2.75, 3.05) is 43.4 Å². The van der Waals surface area contributed by atoms with Gasteiger partial charge in [0, 0.05) is 24.7 Å². The van der Waals surface area contributed by atoms with Crippen molar-refractivity contribution in [3.05, 3.63) is 23.8 Å². The van der Waals surface area contributed by atoms with Crippen LogP contribution in [0.2, 0.25) is 0 Å². The van der Waals surface area contributed by atoms with Crippen LogP contribution in [0.1, 0.15) is 19.4 Å². The lowest BCUT2D eigenvalue weighted by Gasteiger charge is -2.08. The summed E-state index contributed by atoms with van der Waals surface area (Å²) in [5, 5.41) is 10.3. The van der Waals surface area contributed by atoms with Crippen LogP contribution in [0.25, 0.3) is 0 Å². The second kappa shape index (κ2) is 9.26. The Bertz CT molecular complexity index is 675. The van der Waals surface area contributed by atoms with Gasteiger partial charge in [-0.2, -0.15) is 20.1 Å². The van der Waals surface area contributed by atoms with E-state index in [1.807, 2.05) is 26.0 Å². The summed E-state index contributed by atoms with van der Waals surface area (Å²) < 4.78 is 10.5. The highest BCUT2D eigenvalue weighted by Gasteiger charge is 2.05. The molecule has 0 bridgehead atoms. The lowest BCUT2D eigenvalue weighted by atomic mass is 10.2. The van der Waals surface area contributed by atoms with E-state index in [2.05, 4.69) is 36.1 Å². The molecule has 1 aromatic carbocycles. The number of nitrogens with one attached hydrogen (secondary N) is 3. The number of ether oxygens (including phenoxy) is 2. The second-order valence-corrected chi connectivity index (χ2v) is 4.88. The number of hydrogen-bond acceptors (Lipinski definition) is 9. The molecule has 1 heterocycles. The number of anilines is 3. The molecule has 25 heavy (non-hydrogen) atoms. The molecule has 1 aromatic heterocycles. The third kappa shape index (κ3) is 5.48. The minimum Gasteiger partial charge on any atom is -0.497 e. The first-order valence-electron chi connectivity index (χ1n) is 7.94. The molecule has 9 heteroatoms. The molecule has 2 rings (SSSR count). The molecule has 2 aromatic rings. The van der Waals surface area contributed by atoms with Crippen LogP contribution in [0.4, 0.5) is 17.8 Å². The lowest BCUT2D eigenvalue weighted by molar-refractivity contribution is 0.394. The van der Waals surface area contributed by atoms with Gasteiger partial charge in [-0.05, 0) is 26.0 Å². The van der Waals surface area contributed by atoms with E-state index in [0.29, 0.717) is 42.4 Å². The topological polar surface area (TPSA) is 106 Å². The zero-order valence-corrected chi connectivity index (χ0v) is 14.8. The summed E-state index contributed by atoms with van der Waals surface area (Å²) in [6, 6.07) is 5.48. The van der Waals surface area contributed by atoms with E-state index in [-0.39, 0.29) is 0 Å². The molecule has 0 aliphatic carbocycles. The lowest BCUT2D eigenvalue weighted by Crippen LogP contribution is -2.10. The van der Waals surface area contributed by atoms with Gasteiger partial charge in [0.25, 0.3) is 0 Å². The molecule has 0 atom stereocenters. The predicted molar refractivity (Wildman–Crippen MR) is 98.9 cm³/mol. The van der Waals surface area contributed by atoms with Gasteiger partial charge >= 0.3 is 0 Å². The van der Waals surface area contributed by atoms with Crippen molar-refractivity contribution >= 4 is 24.1 Å². The summed E-state index contributed by atoms with van der Waals surface area (Å²) in [7, 11) is 3.20. The maximum Gasteiger partial charge on any atom is 0.250 e. The van der Waals surface area contributed by atoms with Gasteiger partial charge in [-0.1, -0.05) is 0 Å². The fourth-order valence-corrected chi connectivity index (χ4v) is 1.97. The Morgan fingerprint density at radius 2 is 1.40 bits per heavy atom. The summed E-state index contributed by atoms with van der Waals surface area (Å²) in [6.45, 7) is 5.36. The molecule has 0 amide bonds. The predicted octanol–water partition coefficient (Wildman–Crippen LogP) is 2.20. The summed E-state index contributed by atoms with van der Waals surface area (Å²) in [5.74, 6) is 2.67. The van der Waals surface area contributed by atoms with E-state index < -0.39 is 0 Å². The first kappa shape index (κ1) is 18.2. The fraction of sp³-hybridized carbons (Fsp3) is 0.375. The Labute approximate surface area is 146 Å². The Hall–Kier alpha value is -3.10. The molecule has 9 nitrogen and oxygen atoms in total. The van der Waals surface area contributed by atoms with Gasteiger partial charge < -0.3 is 20.1 Å². The fourth-order valence-electron chi connectivity index (χ4n) is 1.97. The van der Waals surface area contributed by atoms with Crippen LogP contribution in [0.5, 0.6) is 11.5 Å². The molecule has 0 spiro atoms. The summed E-state index contributed by atoms with van der Waals surface area (Å²) >= 11 is 0. The monoisotopic (exact) mass is 345 g/mol. The van der Waals surface area contributed by atoms with Gasteiger partial charge in [0.2, 0.25) is 17.8 Å². The number of rotatable bonds is 9. The molecule has 3 N–H and O–H groups in total. The van der Waals surface area contributed by atoms with Crippen molar-refractivity contribution in [3.8, 4) is 11.5 Å². The van der Waals surface area contributed by atoms with Gasteiger partial charge in [-0.25, -0.2) is 5.43 Å². The Balaban J connectivity index is 2.15. The molecule has 0 unspecified atom stereocenters. The second-order valence-electron chi connectivity index (χ2n) is 4.88. The van der Waals surface area contributed by atoms with Crippen LogP contribution < -0.4 is 25.5 Å². The highest BCUT2D eigenvalue weighted by molar-refractivity contribution is 5.81. The molecule has 134 valence electrons. The van der Waals surface area contributed by atoms with Crippen molar-refractivity contribution in [2.45, 2.75) is 13.8 Å². The first-order valence-corrected chi connectivity index (χ1v) is 7.94. The Kier molecular flexibility index (Phi) is 6.76. The number of nitrogens with zero attached hydrogens (tertiary/aromatic N) is 4.